The molecule has 0 radical (unpaired) electrons. The summed E-state index contributed by atoms with van der Waals surface area (Å²) in [7, 11) is -3.84. The van der Waals surface area contributed by atoms with Gasteiger partial charge in [-0.15, -0.1) is 0 Å². The molecule has 0 amide bonds. The van der Waals surface area contributed by atoms with Crippen LogP contribution >= 0.6 is 0 Å². The molecule has 2 N–H and O–H groups in total. The molecule has 0 aromatic heterocycles. The molecule has 3 rings (SSSR count). The maximum Gasteiger partial charge on any atom is 0.335 e. The second-order valence-corrected chi connectivity index (χ2v) is 11.9. The molecule has 0 aliphatic rings. The zero-order valence-electron chi connectivity index (χ0n) is 22.0. The van der Waals surface area contributed by atoms with Crippen LogP contribution in [-0.4, -0.2) is 19.5 Å². The van der Waals surface area contributed by atoms with Crippen LogP contribution < -0.4 is 4.72 Å². The lowest BCUT2D eigenvalue weighted by Gasteiger charge is -2.23. The van der Waals surface area contributed by atoms with Crippen molar-refractivity contribution < 1.29 is 18.3 Å². The van der Waals surface area contributed by atoms with Crippen molar-refractivity contribution in [1.82, 2.24) is 0 Å². The van der Waals surface area contributed by atoms with Gasteiger partial charge >= 0.3 is 5.97 Å². The van der Waals surface area contributed by atoms with Crippen LogP contribution in [0.3, 0.4) is 0 Å². The van der Waals surface area contributed by atoms with Gasteiger partial charge in [-0.2, -0.15) is 0 Å². The Morgan fingerprint density at radius 1 is 0.806 bits per heavy atom. The van der Waals surface area contributed by atoms with E-state index < -0.39 is 16.0 Å². The summed E-state index contributed by atoms with van der Waals surface area (Å²) in [5.74, 6) is -0.549. The number of rotatable bonds is 10. The smallest absolute Gasteiger partial charge is 0.335 e. The van der Waals surface area contributed by atoms with Crippen LogP contribution in [0.15, 0.2) is 65.6 Å². The lowest BCUT2D eigenvalue weighted by atomic mass is 9.89. The Labute approximate surface area is 215 Å². The lowest BCUT2D eigenvalue weighted by Crippen LogP contribution is -2.19. The van der Waals surface area contributed by atoms with Crippen LogP contribution in [-0.2, 0) is 22.9 Å². The number of nitrogens with one attached hydrogen (secondary N) is 1. The van der Waals surface area contributed by atoms with Gasteiger partial charge in [-0.25, -0.2) is 13.2 Å². The molecule has 36 heavy (non-hydrogen) atoms. The fourth-order valence-electron chi connectivity index (χ4n) is 4.42. The van der Waals surface area contributed by atoms with Gasteiger partial charge in [0.15, 0.2) is 0 Å². The summed E-state index contributed by atoms with van der Waals surface area (Å²) in [6.45, 7) is 12.3. The summed E-state index contributed by atoms with van der Waals surface area (Å²) in [5, 5.41) is 9.44. The Kier molecular flexibility index (Phi) is 8.62. The molecule has 6 heteroatoms. The third-order valence-corrected chi connectivity index (χ3v) is 7.97. The summed E-state index contributed by atoms with van der Waals surface area (Å²) in [6, 6.07) is 18.4. The van der Waals surface area contributed by atoms with E-state index in [1.54, 1.807) is 18.2 Å². The second-order valence-electron chi connectivity index (χ2n) is 10.3. The number of benzene rings is 3. The molecule has 0 saturated heterocycles. The second kappa shape index (κ2) is 11.3. The fourth-order valence-corrected chi connectivity index (χ4v) is 6.17. The van der Waals surface area contributed by atoms with Crippen molar-refractivity contribution in [2.45, 2.75) is 77.0 Å². The number of hydrogen-bond donors (Lipinski definition) is 2. The van der Waals surface area contributed by atoms with Crippen molar-refractivity contribution in [3.05, 3.63) is 94.0 Å². The van der Waals surface area contributed by atoms with Crippen LogP contribution in [0.25, 0.3) is 0 Å². The number of carbonyl (C=O) groups is 1. The van der Waals surface area contributed by atoms with Crippen LogP contribution in [0.1, 0.15) is 97.5 Å². The van der Waals surface area contributed by atoms with Gasteiger partial charge in [-0.05, 0) is 76.6 Å². The van der Waals surface area contributed by atoms with Gasteiger partial charge in [0.05, 0.1) is 10.5 Å². The number of carboxylic acids is 1. The average Bonchev–Trinajstić information content (AvgIpc) is 2.81. The van der Waals surface area contributed by atoms with E-state index in [2.05, 4.69) is 18.6 Å². The highest BCUT2D eigenvalue weighted by Crippen LogP contribution is 2.36. The van der Waals surface area contributed by atoms with Crippen molar-refractivity contribution in [3.8, 4) is 0 Å². The minimum Gasteiger partial charge on any atom is -0.478 e. The summed E-state index contributed by atoms with van der Waals surface area (Å²) < 4.78 is 30.4. The first-order valence-corrected chi connectivity index (χ1v) is 14.0. The fraction of sp³-hybridized carbons (Fsp3) is 0.367. The Balaban J connectivity index is 1.94. The maximum absolute atomic E-state index is 13.8. The van der Waals surface area contributed by atoms with Crippen molar-refractivity contribution >= 4 is 21.7 Å². The molecule has 192 valence electrons. The molecule has 0 saturated carbocycles. The van der Waals surface area contributed by atoms with Gasteiger partial charge in [0, 0.05) is 5.69 Å². The van der Waals surface area contributed by atoms with E-state index >= 15 is 0 Å². The monoisotopic (exact) mass is 507 g/mol. The number of carboxylic acid groups (broad SMARTS) is 1. The molecule has 0 bridgehead atoms. The van der Waals surface area contributed by atoms with Crippen LogP contribution in [0.5, 0.6) is 0 Å². The zero-order chi connectivity index (χ0) is 26.6. The predicted octanol–water partition coefficient (Wildman–Crippen LogP) is 7.34. The standard InChI is InChI=1S/C30H37NO4S/c1-19(2)24-17-27(20(3)4)29(28(18-24)21(5)6)36(34,35)31-25-12-9-10-22(16-25)14-15-23-11-7-8-13-26(23)30(32)33/h7-13,16-21,31H,14-15H2,1-6H3,(H,32,33). The predicted molar refractivity (Wildman–Crippen MR) is 147 cm³/mol. The van der Waals surface area contributed by atoms with Crippen LogP contribution in [0.2, 0.25) is 0 Å². The summed E-state index contributed by atoms with van der Waals surface area (Å²) in [6.07, 6.45) is 1.14. The normalized spacial score (nSPS) is 11.9. The van der Waals surface area contributed by atoms with Crippen LogP contribution in [0, 0.1) is 0 Å². The van der Waals surface area contributed by atoms with Gasteiger partial charge < -0.3 is 5.11 Å². The summed E-state index contributed by atoms with van der Waals surface area (Å²) in [5.41, 5.74) is 5.28. The van der Waals surface area contributed by atoms with E-state index in [1.165, 1.54) is 0 Å². The molecule has 5 nitrogen and oxygen atoms in total. The van der Waals surface area contributed by atoms with Crippen molar-refractivity contribution in [2.75, 3.05) is 4.72 Å². The highest BCUT2D eigenvalue weighted by atomic mass is 32.2. The van der Waals surface area contributed by atoms with E-state index in [1.807, 2.05) is 70.2 Å². The SMILES string of the molecule is CC(C)c1cc(C(C)C)c(S(=O)(=O)Nc2cccc(CCc3ccccc3C(=O)O)c2)c(C(C)C)c1. The molecule has 0 unspecified atom stereocenters. The molecule has 0 fully saturated rings. The molecule has 0 aliphatic heterocycles. The van der Waals surface area contributed by atoms with E-state index in [0.29, 0.717) is 34.9 Å². The van der Waals surface area contributed by atoms with Crippen molar-refractivity contribution in [3.63, 3.8) is 0 Å². The third kappa shape index (κ3) is 6.35. The molecule has 0 spiro atoms. The Hall–Kier alpha value is -3.12. The van der Waals surface area contributed by atoms with Gasteiger partial charge in [-0.3, -0.25) is 4.72 Å². The molecule has 3 aromatic rings. The Morgan fingerprint density at radius 2 is 1.42 bits per heavy atom. The Morgan fingerprint density at radius 3 is 1.97 bits per heavy atom. The van der Waals surface area contributed by atoms with E-state index in [9.17, 15) is 18.3 Å². The molecule has 3 aromatic carbocycles. The number of aromatic carboxylic acids is 1. The zero-order valence-corrected chi connectivity index (χ0v) is 22.8. The summed E-state index contributed by atoms with van der Waals surface area (Å²) in [4.78, 5) is 11.9. The average molecular weight is 508 g/mol. The minimum absolute atomic E-state index is 0.0495. The minimum atomic E-state index is -3.84. The molecular formula is C30H37NO4S. The summed E-state index contributed by atoms with van der Waals surface area (Å²) >= 11 is 0. The van der Waals surface area contributed by atoms with Crippen LogP contribution in [0.4, 0.5) is 5.69 Å². The third-order valence-electron chi connectivity index (χ3n) is 6.46. The lowest BCUT2D eigenvalue weighted by molar-refractivity contribution is 0.0695. The highest BCUT2D eigenvalue weighted by Gasteiger charge is 2.27. The quantitative estimate of drug-likeness (QED) is 0.301. The molecule has 0 heterocycles. The van der Waals surface area contributed by atoms with Gasteiger partial charge in [0.25, 0.3) is 10.0 Å². The van der Waals surface area contributed by atoms with Gasteiger partial charge in [0.1, 0.15) is 0 Å². The van der Waals surface area contributed by atoms with Crippen molar-refractivity contribution in [2.24, 2.45) is 0 Å². The van der Waals surface area contributed by atoms with Gasteiger partial charge in [0.2, 0.25) is 0 Å². The van der Waals surface area contributed by atoms with E-state index in [-0.39, 0.29) is 11.8 Å². The topological polar surface area (TPSA) is 83.5 Å². The molecular weight excluding hydrogens is 470 g/mol. The first-order valence-electron chi connectivity index (χ1n) is 12.5. The first kappa shape index (κ1) is 27.5. The molecule has 0 aliphatic carbocycles. The number of anilines is 1. The number of aryl methyl sites for hydroxylation is 2. The number of hydrogen-bond acceptors (Lipinski definition) is 3. The first-order chi connectivity index (χ1) is 16.9. The molecule has 0 atom stereocenters. The largest absolute Gasteiger partial charge is 0.478 e. The maximum atomic E-state index is 13.8. The number of sulfonamides is 1. The van der Waals surface area contributed by atoms with Gasteiger partial charge in [-0.1, -0.05) is 84.0 Å². The van der Waals surface area contributed by atoms with E-state index in [0.717, 1.165) is 27.8 Å². The van der Waals surface area contributed by atoms with Crippen molar-refractivity contribution in [1.29, 1.82) is 0 Å². The van der Waals surface area contributed by atoms with E-state index in [4.69, 9.17) is 0 Å². The Bertz CT molecular complexity index is 1310. The highest BCUT2D eigenvalue weighted by molar-refractivity contribution is 7.92.